The highest BCUT2D eigenvalue weighted by Crippen LogP contribution is 2.27. The number of nitrogens with one attached hydrogen (secondary N) is 1. The Labute approximate surface area is 185 Å². The second-order valence-corrected chi connectivity index (χ2v) is 8.67. The van der Waals surface area contributed by atoms with Gasteiger partial charge in [-0.25, -0.2) is 0 Å². The van der Waals surface area contributed by atoms with Gasteiger partial charge in [-0.1, -0.05) is 18.2 Å². The lowest BCUT2D eigenvalue weighted by Gasteiger charge is -2.31. The summed E-state index contributed by atoms with van der Waals surface area (Å²) in [5.74, 6) is -0.180. The van der Waals surface area contributed by atoms with Crippen LogP contribution in [0.15, 0.2) is 18.2 Å². The number of carbonyl (C=O) groups excluding carboxylic acids is 3. The van der Waals surface area contributed by atoms with E-state index in [2.05, 4.69) is 10.2 Å². The minimum absolute atomic E-state index is 0.0352. The van der Waals surface area contributed by atoms with E-state index in [4.69, 9.17) is 4.74 Å². The molecule has 0 atom stereocenters. The number of likely N-dealkylation sites (tertiary alicyclic amines) is 1. The van der Waals surface area contributed by atoms with E-state index < -0.39 is 0 Å². The fourth-order valence-electron chi connectivity index (χ4n) is 4.23. The zero-order valence-electron chi connectivity index (χ0n) is 19.0. The number of piperidine rings is 1. The number of hydrogen-bond donors (Lipinski definition) is 1. The molecule has 2 fully saturated rings. The van der Waals surface area contributed by atoms with Crippen molar-refractivity contribution in [2.75, 3.05) is 38.1 Å². The minimum atomic E-state index is -0.149. The summed E-state index contributed by atoms with van der Waals surface area (Å²) in [5.41, 5.74) is 2.98. The molecule has 170 valence electrons. The normalized spacial score (nSPS) is 17.0. The molecule has 1 N–H and O–H groups in total. The van der Waals surface area contributed by atoms with Crippen molar-refractivity contribution in [3.63, 3.8) is 0 Å². The number of anilines is 1. The molecule has 1 aromatic rings. The second-order valence-electron chi connectivity index (χ2n) is 8.67. The van der Waals surface area contributed by atoms with Crippen LogP contribution in [-0.4, -0.2) is 66.4 Å². The third kappa shape index (κ3) is 6.53. The van der Waals surface area contributed by atoms with E-state index in [-0.39, 0.29) is 23.7 Å². The lowest BCUT2D eigenvalue weighted by atomic mass is 9.97. The standard InChI is InChI=1S/C24H35N3O4/c1-4-31-24(30)19-10-13-26(14-11-19)22(29)12-15-27(20-8-9-20)16-21(28)25-23-17(2)6-5-7-18(23)3/h5-7,19-20H,4,8-16H2,1-3H3,(H,25,28). The van der Waals surface area contributed by atoms with Crippen molar-refractivity contribution in [2.45, 2.75) is 58.9 Å². The molecule has 3 rings (SSSR count). The van der Waals surface area contributed by atoms with Crippen LogP contribution in [0.1, 0.15) is 50.2 Å². The number of amides is 2. The molecule has 0 bridgehead atoms. The van der Waals surface area contributed by atoms with Crippen LogP contribution < -0.4 is 5.32 Å². The van der Waals surface area contributed by atoms with Gasteiger partial charge in [0.15, 0.2) is 0 Å². The van der Waals surface area contributed by atoms with Crippen LogP contribution in [-0.2, 0) is 19.1 Å². The van der Waals surface area contributed by atoms with Gasteiger partial charge in [0.25, 0.3) is 0 Å². The second kappa shape index (κ2) is 10.8. The summed E-state index contributed by atoms with van der Waals surface area (Å²) >= 11 is 0. The van der Waals surface area contributed by atoms with Crippen molar-refractivity contribution >= 4 is 23.5 Å². The van der Waals surface area contributed by atoms with Gasteiger partial charge in [-0.15, -0.1) is 0 Å². The largest absolute Gasteiger partial charge is 0.466 e. The van der Waals surface area contributed by atoms with E-state index in [1.807, 2.05) is 43.9 Å². The van der Waals surface area contributed by atoms with Gasteiger partial charge in [-0.05, 0) is 57.6 Å². The SMILES string of the molecule is CCOC(=O)C1CCN(C(=O)CCN(CC(=O)Nc2c(C)cccc2C)C2CC2)CC1. The summed E-state index contributed by atoms with van der Waals surface area (Å²) in [6, 6.07) is 6.36. The van der Waals surface area contributed by atoms with E-state index >= 15 is 0 Å². The average Bonchev–Trinajstić information content (AvgIpc) is 3.59. The Bertz CT molecular complexity index is 778. The molecule has 7 heteroatoms. The first-order chi connectivity index (χ1) is 14.9. The highest BCUT2D eigenvalue weighted by atomic mass is 16.5. The summed E-state index contributed by atoms with van der Waals surface area (Å²) in [6.45, 7) is 8.27. The molecule has 0 unspecified atom stereocenters. The zero-order chi connectivity index (χ0) is 22.4. The third-order valence-electron chi connectivity index (χ3n) is 6.24. The number of benzene rings is 1. The van der Waals surface area contributed by atoms with Gasteiger partial charge >= 0.3 is 5.97 Å². The van der Waals surface area contributed by atoms with Crippen molar-refractivity contribution in [2.24, 2.45) is 5.92 Å². The summed E-state index contributed by atoms with van der Waals surface area (Å²) in [5, 5.41) is 3.05. The Morgan fingerprint density at radius 3 is 2.32 bits per heavy atom. The summed E-state index contributed by atoms with van der Waals surface area (Å²) < 4.78 is 5.10. The number of aryl methyl sites for hydroxylation is 2. The van der Waals surface area contributed by atoms with Crippen LogP contribution in [0.3, 0.4) is 0 Å². The molecule has 31 heavy (non-hydrogen) atoms. The van der Waals surface area contributed by atoms with Gasteiger partial charge in [-0.2, -0.15) is 0 Å². The first-order valence-electron chi connectivity index (χ1n) is 11.4. The number of ether oxygens (including phenoxy) is 1. The molecule has 1 aliphatic carbocycles. The molecule has 1 saturated heterocycles. The van der Waals surface area contributed by atoms with Crippen LogP contribution in [0.4, 0.5) is 5.69 Å². The van der Waals surface area contributed by atoms with E-state index in [0.717, 1.165) is 29.7 Å². The molecule has 0 radical (unpaired) electrons. The molecule has 7 nitrogen and oxygen atoms in total. The number of nitrogens with zero attached hydrogens (tertiary/aromatic N) is 2. The average molecular weight is 430 g/mol. The first-order valence-corrected chi connectivity index (χ1v) is 11.4. The molecular formula is C24H35N3O4. The summed E-state index contributed by atoms with van der Waals surface area (Å²) in [6.07, 6.45) is 3.88. The van der Waals surface area contributed by atoms with Gasteiger partial charge in [0.1, 0.15) is 0 Å². The lowest BCUT2D eigenvalue weighted by Crippen LogP contribution is -2.43. The van der Waals surface area contributed by atoms with E-state index in [0.29, 0.717) is 58.1 Å². The Hall–Kier alpha value is -2.41. The number of rotatable bonds is 9. The maximum atomic E-state index is 12.7. The smallest absolute Gasteiger partial charge is 0.309 e. The van der Waals surface area contributed by atoms with Crippen LogP contribution >= 0.6 is 0 Å². The third-order valence-corrected chi connectivity index (χ3v) is 6.24. The van der Waals surface area contributed by atoms with Crippen molar-refractivity contribution in [3.05, 3.63) is 29.3 Å². The van der Waals surface area contributed by atoms with E-state index in [1.54, 1.807) is 0 Å². The molecule has 1 aliphatic heterocycles. The van der Waals surface area contributed by atoms with Gasteiger partial charge in [0, 0.05) is 37.8 Å². The fraction of sp³-hybridized carbons (Fsp3) is 0.625. The zero-order valence-corrected chi connectivity index (χ0v) is 19.0. The molecule has 1 aromatic carbocycles. The lowest BCUT2D eigenvalue weighted by molar-refractivity contribution is -0.151. The predicted octanol–water partition coefficient (Wildman–Crippen LogP) is 2.90. The molecule has 1 saturated carbocycles. The van der Waals surface area contributed by atoms with Gasteiger partial charge in [0.05, 0.1) is 19.1 Å². The van der Waals surface area contributed by atoms with Gasteiger partial charge in [-0.3, -0.25) is 19.3 Å². The maximum absolute atomic E-state index is 12.7. The molecule has 1 heterocycles. The van der Waals surface area contributed by atoms with Crippen LogP contribution in [0.5, 0.6) is 0 Å². The molecule has 2 aliphatic rings. The quantitative estimate of drug-likeness (QED) is 0.611. The summed E-state index contributed by atoms with van der Waals surface area (Å²) in [7, 11) is 0. The van der Waals surface area contributed by atoms with Crippen molar-refractivity contribution in [1.29, 1.82) is 0 Å². The van der Waals surface area contributed by atoms with Crippen molar-refractivity contribution in [3.8, 4) is 0 Å². The number of carbonyl (C=O) groups is 3. The number of esters is 1. The summed E-state index contributed by atoms with van der Waals surface area (Å²) in [4.78, 5) is 41.2. The molecule has 0 aromatic heterocycles. The Kier molecular flexibility index (Phi) is 8.07. The monoisotopic (exact) mass is 429 g/mol. The maximum Gasteiger partial charge on any atom is 0.309 e. The van der Waals surface area contributed by atoms with Gasteiger partial charge in [0.2, 0.25) is 11.8 Å². The highest BCUT2D eigenvalue weighted by Gasteiger charge is 2.32. The Morgan fingerprint density at radius 2 is 1.74 bits per heavy atom. The topological polar surface area (TPSA) is 79.0 Å². The molecular weight excluding hydrogens is 394 g/mol. The highest BCUT2D eigenvalue weighted by molar-refractivity contribution is 5.93. The van der Waals surface area contributed by atoms with E-state index in [9.17, 15) is 14.4 Å². The Morgan fingerprint density at radius 1 is 1.10 bits per heavy atom. The first kappa shape index (κ1) is 23.3. The van der Waals surface area contributed by atoms with Crippen LogP contribution in [0, 0.1) is 19.8 Å². The Balaban J connectivity index is 1.46. The number of para-hydroxylation sites is 1. The molecule has 2 amide bonds. The van der Waals surface area contributed by atoms with E-state index in [1.165, 1.54) is 0 Å². The molecule has 0 spiro atoms. The predicted molar refractivity (Wildman–Crippen MR) is 120 cm³/mol. The number of hydrogen-bond acceptors (Lipinski definition) is 5. The van der Waals surface area contributed by atoms with Gasteiger partial charge < -0.3 is 15.0 Å². The van der Waals surface area contributed by atoms with Crippen LogP contribution in [0.25, 0.3) is 0 Å². The van der Waals surface area contributed by atoms with Crippen LogP contribution in [0.2, 0.25) is 0 Å². The fourth-order valence-corrected chi connectivity index (χ4v) is 4.23. The minimum Gasteiger partial charge on any atom is -0.466 e. The van der Waals surface area contributed by atoms with Crippen molar-refractivity contribution < 1.29 is 19.1 Å². The van der Waals surface area contributed by atoms with Crippen molar-refractivity contribution in [1.82, 2.24) is 9.80 Å².